The van der Waals surface area contributed by atoms with Crippen LogP contribution < -0.4 is 0 Å². The molecular weight excluding hydrogens is 192 g/mol. The van der Waals surface area contributed by atoms with E-state index in [1.165, 1.54) is 0 Å². The predicted octanol–water partition coefficient (Wildman–Crippen LogP) is 1.80. The molecule has 0 saturated heterocycles. The molecule has 3 heteroatoms. The number of aliphatic hydroxyl groups is 1. The van der Waals surface area contributed by atoms with Crippen LogP contribution in [-0.4, -0.2) is 21.8 Å². The SMILES string of the molecule is O=C(O)CC1(O)CC=CC2=C1CC=CC2. The van der Waals surface area contributed by atoms with Gasteiger partial charge in [-0.2, -0.15) is 0 Å². The standard InChI is InChI=1S/C12H14O3/c13-11(14)8-12(15)7-3-5-9-4-1-2-6-10(9)12/h1-3,5,15H,4,6-8H2,(H,13,14). The molecule has 0 heterocycles. The number of carboxylic acid groups (broad SMARTS) is 1. The van der Waals surface area contributed by atoms with Gasteiger partial charge < -0.3 is 10.2 Å². The van der Waals surface area contributed by atoms with E-state index < -0.39 is 11.6 Å². The molecule has 2 N–H and O–H groups in total. The number of allylic oxidation sites excluding steroid dienone is 4. The van der Waals surface area contributed by atoms with Crippen molar-refractivity contribution in [3.63, 3.8) is 0 Å². The number of carbonyl (C=O) groups is 1. The van der Waals surface area contributed by atoms with Gasteiger partial charge in [0.2, 0.25) is 0 Å². The molecule has 0 aromatic carbocycles. The zero-order valence-electron chi connectivity index (χ0n) is 8.44. The first-order valence-electron chi connectivity index (χ1n) is 5.10. The molecule has 0 aromatic rings. The Labute approximate surface area is 88.4 Å². The number of carboxylic acids is 1. The molecule has 0 saturated carbocycles. The van der Waals surface area contributed by atoms with E-state index in [0.717, 1.165) is 17.6 Å². The summed E-state index contributed by atoms with van der Waals surface area (Å²) in [6.45, 7) is 0. The van der Waals surface area contributed by atoms with Gasteiger partial charge in [-0.25, -0.2) is 0 Å². The van der Waals surface area contributed by atoms with E-state index >= 15 is 0 Å². The Morgan fingerprint density at radius 3 is 2.80 bits per heavy atom. The van der Waals surface area contributed by atoms with Crippen molar-refractivity contribution in [3.8, 4) is 0 Å². The largest absolute Gasteiger partial charge is 0.481 e. The molecule has 0 fully saturated rings. The van der Waals surface area contributed by atoms with Gasteiger partial charge in [-0.1, -0.05) is 24.3 Å². The van der Waals surface area contributed by atoms with Crippen LogP contribution in [0.15, 0.2) is 35.5 Å². The van der Waals surface area contributed by atoms with Crippen LogP contribution in [0.5, 0.6) is 0 Å². The maximum Gasteiger partial charge on any atom is 0.306 e. The zero-order chi connectivity index (χ0) is 10.9. The maximum atomic E-state index is 10.7. The van der Waals surface area contributed by atoms with Crippen molar-refractivity contribution in [2.75, 3.05) is 0 Å². The molecule has 2 aliphatic carbocycles. The highest BCUT2D eigenvalue weighted by molar-refractivity contribution is 5.69. The average molecular weight is 206 g/mol. The molecule has 0 aliphatic heterocycles. The van der Waals surface area contributed by atoms with Crippen molar-refractivity contribution < 1.29 is 15.0 Å². The summed E-state index contributed by atoms with van der Waals surface area (Å²) in [5, 5.41) is 19.1. The summed E-state index contributed by atoms with van der Waals surface area (Å²) in [6, 6.07) is 0. The smallest absolute Gasteiger partial charge is 0.306 e. The second kappa shape index (κ2) is 3.66. The van der Waals surface area contributed by atoms with E-state index in [9.17, 15) is 9.90 Å². The van der Waals surface area contributed by atoms with E-state index in [0.29, 0.717) is 12.8 Å². The van der Waals surface area contributed by atoms with Crippen molar-refractivity contribution >= 4 is 5.97 Å². The van der Waals surface area contributed by atoms with E-state index in [4.69, 9.17) is 5.11 Å². The van der Waals surface area contributed by atoms with Crippen LogP contribution in [0.25, 0.3) is 0 Å². The van der Waals surface area contributed by atoms with Crippen LogP contribution in [0.2, 0.25) is 0 Å². The minimum Gasteiger partial charge on any atom is -0.481 e. The van der Waals surface area contributed by atoms with Gasteiger partial charge in [0.25, 0.3) is 0 Å². The average Bonchev–Trinajstić information content (AvgIpc) is 2.17. The van der Waals surface area contributed by atoms with Crippen LogP contribution in [0.4, 0.5) is 0 Å². The van der Waals surface area contributed by atoms with Crippen molar-refractivity contribution in [1.29, 1.82) is 0 Å². The fourth-order valence-corrected chi connectivity index (χ4v) is 2.27. The molecule has 15 heavy (non-hydrogen) atoms. The van der Waals surface area contributed by atoms with Gasteiger partial charge in [0.05, 0.1) is 6.42 Å². The van der Waals surface area contributed by atoms with Crippen molar-refractivity contribution in [2.24, 2.45) is 0 Å². The van der Waals surface area contributed by atoms with E-state index in [2.05, 4.69) is 6.08 Å². The molecule has 0 aromatic heterocycles. The van der Waals surface area contributed by atoms with Gasteiger partial charge >= 0.3 is 5.97 Å². The Hall–Kier alpha value is -1.35. The quantitative estimate of drug-likeness (QED) is 0.677. The Morgan fingerprint density at radius 2 is 2.07 bits per heavy atom. The van der Waals surface area contributed by atoms with Crippen LogP contribution in [0.3, 0.4) is 0 Å². The molecule has 0 amide bonds. The number of rotatable bonds is 2. The highest BCUT2D eigenvalue weighted by atomic mass is 16.4. The molecule has 2 rings (SSSR count). The summed E-state index contributed by atoms with van der Waals surface area (Å²) in [7, 11) is 0. The highest BCUT2D eigenvalue weighted by Crippen LogP contribution is 2.38. The Morgan fingerprint density at radius 1 is 1.33 bits per heavy atom. The molecule has 1 atom stereocenters. The summed E-state index contributed by atoms with van der Waals surface area (Å²) in [4.78, 5) is 10.7. The monoisotopic (exact) mass is 206 g/mol. The number of hydrogen-bond donors (Lipinski definition) is 2. The fraction of sp³-hybridized carbons (Fsp3) is 0.417. The van der Waals surface area contributed by atoms with Gasteiger partial charge in [0.15, 0.2) is 0 Å². The Kier molecular flexibility index (Phi) is 2.49. The molecular formula is C12H14O3. The Bertz CT molecular complexity index is 376. The highest BCUT2D eigenvalue weighted by Gasteiger charge is 2.36. The summed E-state index contributed by atoms with van der Waals surface area (Å²) in [5.74, 6) is -0.950. The first kappa shape index (κ1) is 10.2. The third kappa shape index (κ3) is 1.88. The van der Waals surface area contributed by atoms with Gasteiger partial charge in [-0.15, -0.1) is 0 Å². The Balaban J connectivity index is 2.30. The molecule has 0 radical (unpaired) electrons. The summed E-state index contributed by atoms with van der Waals surface area (Å²) < 4.78 is 0. The van der Waals surface area contributed by atoms with E-state index in [1.54, 1.807) is 0 Å². The lowest BCUT2D eigenvalue weighted by Gasteiger charge is -2.34. The van der Waals surface area contributed by atoms with Crippen LogP contribution in [0, 0.1) is 0 Å². The first-order chi connectivity index (χ1) is 7.12. The predicted molar refractivity (Wildman–Crippen MR) is 56.4 cm³/mol. The van der Waals surface area contributed by atoms with Gasteiger partial charge in [-0.3, -0.25) is 4.79 Å². The third-order valence-corrected chi connectivity index (χ3v) is 2.99. The minimum absolute atomic E-state index is 0.204. The van der Waals surface area contributed by atoms with E-state index in [1.807, 2.05) is 18.2 Å². The number of aliphatic carboxylic acids is 1. The molecule has 80 valence electrons. The first-order valence-corrected chi connectivity index (χ1v) is 5.10. The summed E-state index contributed by atoms with van der Waals surface area (Å²) >= 11 is 0. The maximum absolute atomic E-state index is 10.7. The molecule has 2 aliphatic rings. The minimum atomic E-state index is -1.17. The van der Waals surface area contributed by atoms with Gasteiger partial charge in [0.1, 0.15) is 5.60 Å². The second-order valence-electron chi connectivity index (χ2n) is 4.09. The third-order valence-electron chi connectivity index (χ3n) is 2.99. The normalized spacial score (nSPS) is 29.1. The van der Waals surface area contributed by atoms with Crippen molar-refractivity contribution in [3.05, 3.63) is 35.5 Å². The molecule has 0 spiro atoms. The zero-order valence-corrected chi connectivity index (χ0v) is 8.44. The van der Waals surface area contributed by atoms with Gasteiger partial charge in [0, 0.05) is 0 Å². The topological polar surface area (TPSA) is 57.5 Å². The summed E-state index contributed by atoms with van der Waals surface area (Å²) in [5.41, 5.74) is 0.795. The molecule has 3 nitrogen and oxygen atoms in total. The van der Waals surface area contributed by atoms with Crippen molar-refractivity contribution in [1.82, 2.24) is 0 Å². The lowest BCUT2D eigenvalue weighted by Crippen LogP contribution is -2.36. The van der Waals surface area contributed by atoms with E-state index in [-0.39, 0.29) is 6.42 Å². The second-order valence-corrected chi connectivity index (χ2v) is 4.09. The van der Waals surface area contributed by atoms with Crippen LogP contribution >= 0.6 is 0 Å². The fourth-order valence-electron chi connectivity index (χ4n) is 2.27. The lowest BCUT2D eigenvalue weighted by molar-refractivity contribution is -0.141. The molecule has 1 unspecified atom stereocenters. The summed E-state index contributed by atoms with van der Waals surface area (Å²) in [6.07, 6.45) is 9.57. The lowest BCUT2D eigenvalue weighted by atomic mass is 9.76. The van der Waals surface area contributed by atoms with Crippen molar-refractivity contribution in [2.45, 2.75) is 31.3 Å². The molecule has 0 bridgehead atoms. The van der Waals surface area contributed by atoms with Crippen LogP contribution in [-0.2, 0) is 4.79 Å². The van der Waals surface area contributed by atoms with Gasteiger partial charge in [-0.05, 0) is 30.4 Å². The van der Waals surface area contributed by atoms with Crippen LogP contribution in [0.1, 0.15) is 25.7 Å². The number of hydrogen-bond acceptors (Lipinski definition) is 2.